The molecule has 2 atom stereocenters. The van der Waals surface area contributed by atoms with Gasteiger partial charge in [0.1, 0.15) is 5.75 Å². The lowest BCUT2D eigenvalue weighted by Crippen LogP contribution is -2.29. The first-order valence-electron chi connectivity index (χ1n) is 5.89. The van der Waals surface area contributed by atoms with Crippen molar-refractivity contribution in [3.05, 3.63) is 28.8 Å². The van der Waals surface area contributed by atoms with Crippen molar-refractivity contribution in [1.29, 1.82) is 0 Å². The highest BCUT2D eigenvalue weighted by Gasteiger charge is 2.23. The van der Waals surface area contributed by atoms with E-state index >= 15 is 0 Å². The number of hydrogen-bond donors (Lipinski definition) is 1. The van der Waals surface area contributed by atoms with Gasteiger partial charge in [-0.3, -0.25) is 0 Å². The van der Waals surface area contributed by atoms with Crippen LogP contribution in [0, 0.1) is 5.92 Å². The number of hydrogen-bond acceptors (Lipinski definition) is 3. The molecule has 1 aliphatic heterocycles. The van der Waals surface area contributed by atoms with E-state index < -0.39 is 0 Å². The summed E-state index contributed by atoms with van der Waals surface area (Å²) < 4.78 is 10.7. The molecule has 2 unspecified atom stereocenters. The van der Waals surface area contributed by atoms with Crippen LogP contribution < -0.4 is 10.5 Å². The van der Waals surface area contributed by atoms with Gasteiger partial charge >= 0.3 is 0 Å². The van der Waals surface area contributed by atoms with Crippen LogP contribution >= 0.6 is 11.6 Å². The van der Waals surface area contributed by atoms with E-state index in [1.165, 1.54) is 0 Å². The maximum atomic E-state index is 6.26. The molecule has 1 heterocycles. The molecule has 4 heteroatoms. The topological polar surface area (TPSA) is 44.5 Å². The third-order valence-corrected chi connectivity index (χ3v) is 3.58. The Bertz CT molecular complexity index is 378. The summed E-state index contributed by atoms with van der Waals surface area (Å²) in [4.78, 5) is 0. The Morgan fingerprint density at radius 2 is 2.35 bits per heavy atom. The largest absolute Gasteiger partial charge is 0.495 e. The zero-order valence-corrected chi connectivity index (χ0v) is 10.7. The molecule has 1 aliphatic rings. The van der Waals surface area contributed by atoms with E-state index in [4.69, 9.17) is 26.8 Å². The highest BCUT2D eigenvalue weighted by molar-refractivity contribution is 6.32. The minimum atomic E-state index is -0.0125. The van der Waals surface area contributed by atoms with Gasteiger partial charge in [0.15, 0.2) is 0 Å². The van der Waals surface area contributed by atoms with Crippen LogP contribution in [-0.4, -0.2) is 20.3 Å². The van der Waals surface area contributed by atoms with E-state index in [1.807, 2.05) is 18.2 Å². The molecule has 17 heavy (non-hydrogen) atoms. The van der Waals surface area contributed by atoms with Crippen LogP contribution in [-0.2, 0) is 4.74 Å². The summed E-state index contributed by atoms with van der Waals surface area (Å²) in [7, 11) is 1.61. The first-order valence-corrected chi connectivity index (χ1v) is 6.27. The van der Waals surface area contributed by atoms with Crippen LogP contribution in [0.4, 0.5) is 0 Å². The van der Waals surface area contributed by atoms with Crippen LogP contribution in [0.15, 0.2) is 18.2 Å². The number of methoxy groups -OCH3 is 1. The lowest BCUT2D eigenvalue weighted by atomic mass is 9.89. The van der Waals surface area contributed by atoms with E-state index in [1.54, 1.807) is 7.11 Å². The van der Waals surface area contributed by atoms with Crippen molar-refractivity contribution in [3.8, 4) is 5.75 Å². The Morgan fingerprint density at radius 3 is 3.00 bits per heavy atom. The molecule has 94 valence electrons. The number of nitrogens with two attached hydrogens (primary N) is 1. The molecule has 1 saturated heterocycles. The maximum absolute atomic E-state index is 6.26. The molecule has 0 aromatic heterocycles. The first-order chi connectivity index (χ1) is 8.22. The summed E-state index contributed by atoms with van der Waals surface area (Å²) in [6, 6.07) is 5.70. The van der Waals surface area contributed by atoms with Crippen molar-refractivity contribution in [2.24, 2.45) is 11.7 Å². The van der Waals surface area contributed by atoms with Crippen molar-refractivity contribution in [2.45, 2.75) is 18.9 Å². The van der Waals surface area contributed by atoms with E-state index in [9.17, 15) is 0 Å². The van der Waals surface area contributed by atoms with E-state index in [-0.39, 0.29) is 6.04 Å². The Kier molecular flexibility index (Phi) is 4.26. The molecule has 1 aromatic carbocycles. The van der Waals surface area contributed by atoms with Gasteiger partial charge < -0.3 is 15.2 Å². The summed E-state index contributed by atoms with van der Waals surface area (Å²) in [5.74, 6) is 1.06. The van der Waals surface area contributed by atoms with E-state index in [0.717, 1.165) is 31.6 Å². The first kappa shape index (κ1) is 12.7. The quantitative estimate of drug-likeness (QED) is 0.903. The van der Waals surface area contributed by atoms with Crippen molar-refractivity contribution in [1.82, 2.24) is 0 Å². The van der Waals surface area contributed by atoms with Gasteiger partial charge in [0.2, 0.25) is 0 Å². The Hall–Kier alpha value is -0.770. The summed E-state index contributed by atoms with van der Waals surface area (Å²) in [6.45, 7) is 1.60. The Morgan fingerprint density at radius 1 is 1.53 bits per heavy atom. The maximum Gasteiger partial charge on any atom is 0.137 e. The predicted octanol–water partition coefficient (Wildman–Crippen LogP) is 2.78. The molecule has 1 fully saturated rings. The van der Waals surface area contributed by atoms with Gasteiger partial charge in [-0.05, 0) is 30.5 Å². The smallest absolute Gasteiger partial charge is 0.137 e. The molecule has 0 spiro atoms. The van der Waals surface area contributed by atoms with Crippen molar-refractivity contribution < 1.29 is 9.47 Å². The van der Waals surface area contributed by atoms with E-state index in [0.29, 0.717) is 16.7 Å². The molecule has 0 aliphatic carbocycles. The third kappa shape index (κ3) is 2.92. The molecule has 0 amide bonds. The average molecular weight is 256 g/mol. The van der Waals surface area contributed by atoms with Gasteiger partial charge in [0.25, 0.3) is 0 Å². The lowest BCUT2D eigenvalue weighted by Gasteiger charge is -2.28. The van der Waals surface area contributed by atoms with Gasteiger partial charge in [-0.1, -0.05) is 17.7 Å². The van der Waals surface area contributed by atoms with Crippen LogP contribution in [0.25, 0.3) is 0 Å². The van der Waals surface area contributed by atoms with E-state index in [2.05, 4.69) is 0 Å². The fourth-order valence-corrected chi connectivity index (χ4v) is 2.40. The van der Waals surface area contributed by atoms with Crippen molar-refractivity contribution in [2.75, 3.05) is 20.3 Å². The second-order valence-electron chi connectivity index (χ2n) is 4.40. The van der Waals surface area contributed by atoms with Gasteiger partial charge in [0, 0.05) is 18.6 Å². The van der Waals surface area contributed by atoms with Crippen LogP contribution in [0.5, 0.6) is 5.75 Å². The molecular weight excluding hydrogens is 238 g/mol. The minimum absolute atomic E-state index is 0.0125. The summed E-state index contributed by atoms with van der Waals surface area (Å²) in [5, 5.41) is 0.614. The summed E-state index contributed by atoms with van der Waals surface area (Å²) in [5.41, 5.74) is 7.32. The monoisotopic (exact) mass is 255 g/mol. The van der Waals surface area contributed by atoms with Crippen LogP contribution in [0.2, 0.25) is 5.02 Å². The predicted molar refractivity (Wildman–Crippen MR) is 68.5 cm³/mol. The third-order valence-electron chi connectivity index (χ3n) is 3.26. The van der Waals surface area contributed by atoms with Crippen LogP contribution in [0.3, 0.4) is 0 Å². The van der Waals surface area contributed by atoms with Crippen molar-refractivity contribution in [3.63, 3.8) is 0 Å². The van der Waals surface area contributed by atoms with Gasteiger partial charge in [0.05, 0.1) is 18.7 Å². The Labute approximate surface area is 107 Å². The van der Waals surface area contributed by atoms with Gasteiger partial charge in [-0.2, -0.15) is 0 Å². The second kappa shape index (κ2) is 5.71. The average Bonchev–Trinajstić information content (AvgIpc) is 2.39. The molecule has 1 aromatic rings. The van der Waals surface area contributed by atoms with Crippen LogP contribution in [0.1, 0.15) is 24.4 Å². The Balaban J connectivity index is 2.15. The minimum Gasteiger partial charge on any atom is -0.495 e. The fourth-order valence-electron chi connectivity index (χ4n) is 2.20. The lowest BCUT2D eigenvalue weighted by molar-refractivity contribution is 0.0447. The van der Waals surface area contributed by atoms with Crippen molar-refractivity contribution >= 4 is 11.6 Å². The molecule has 3 nitrogen and oxygen atoms in total. The molecule has 2 N–H and O–H groups in total. The molecule has 0 bridgehead atoms. The summed E-state index contributed by atoms with van der Waals surface area (Å²) >= 11 is 6.00. The fraction of sp³-hybridized carbons (Fsp3) is 0.538. The highest BCUT2D eigenvalue weighted by Crippen LogP contribution is 2.32. The molecule has 0 saturated carbocycles. The zero-order valence-electron chi connectivity index (χ0n) is 9.99. The highest BCUT2D eigenvalue weighted by atomic mass is 35.5. The number of ether oxygens (including phenoxy) is 2. The number of rotatable bonds is 3. The second-order valence-corrected chi connectivity index (χ2v) is 4.80. The molecular formula is C13H18ClNO2. The van der Waals surface area contributed by atoms with Gasteiger partial charge in [-0.25, -0.2) is 0 Å². The van der Waals surface area contributed by atoms with Gasteiger partial charge in [-0.15, -0.1) is 0 Å². The number of halogens is 1. The molecule has 0 radical (unpaired) electrons. The standard InChI is InChI=1S/C13H18ClNO2/c1-16-12-7-9(4-5-11(12)14)13(15)10-3-2-6-17-8-10/h4-5,7,10,13H,2-3,6,8,15H2,1H3. The zero-order chi connectivity index (χ0) is 12.3. The number of benzene rings is 1. The molecule has 2 rings (SSSR count). The SMILES string of the molecule is COc1cc(C(N)C2CCCOC2)ccc1Cl. The summed E-state index contributed by atoms with van der Waals surface area (Å²) in [6.07, 6.45) is 2.20. The normalized spacial score (nSPS) is 22.2.